The van der Waals surface area contributed by atoms with E-state index in [0.29, 0.717) is 0 Å². The van der Waals surface area contributed by atoms with Crippen LogP contribution in [0.15, 0.2) is 17.5 Å². The molecule has 0 saturated carbocycles. The Morgan fingerprint density at radius 1 is 1.57 bits per heavy atom. The third-order valence-electron chi connectivity index (χ3n) is 0.379. The van der Waals surface area contributed by atoms with Crippen molar-refractivity contribution in [3.63, 3.8) is 0 Å². The summed E-state index contributed by atoms with van der Waals surface area (Å²) in [6.07, 6.45) is 0. The first-order valence-electron chi connectivity index (χ1n) is 1.51. The summed E-state index contributed by atoms with van der Waals surface area (Å²) in [5.74, 6) is 0. The molecule has 0 aliphatic heterocycles. The van der Waals surface area contributed by atoms with Crippen LogP contribution in [0.4, 0.5) is 0 Å². The van der Waals surface area contributed by atoms with Gasteiger partial charge in [0.1, 0.15) is 0 Å². The van der Waals surface area contributed by atoms with Crippen LogP contribution in [0.25, 0.3) is 0 Å². The summed E-state index contributed by atoms with van der Waals surface area (Å²) in [7, 11) is 0. The van der Waals surface area contributed by atoms with E-state index < -0.39 is 0 Å². The van der Waals surface area contributed by atoms with Crippen molar-refractivity contribution in [3.05, 3.63) is 22.9 Å². The molecule has 0 atom stereocenters. The molecule has 1 rings (SSSR count). The van der Waals surface area contributed by atoms with Crippen molar-refractivity contribution in [1.29, 1.82) is 0 Å². The largest absolute Gasteiger partial charge is 0.304 e. The molecule has 0 radical (unpaired) electrons. The molecule has 1 aromatic rings. The van der Waals surface area contributed by atoms with Crippen molar-refractivity contribution < 1.29 is 12.8 Å². The van der Waals surface area contributed by atoms with Crippen LogP contribution in [0.3, 0.4) is 0 Å². The van der Waals surface area contributed by atoms with Crippen LogP contribution in [0.1, 0.15) is 0 Å². The molecule has 0 spiro atoms. The van der Waals surface area contributed by atoms with Crippen LogP contribution in [0.5, 0.6) is 0 Å². The topological polar surface area (TPSA) is 0 Å². The maximum Gasteiger partial charge on any atom is -0.124 e. The maximum absolute atomic E-state index is 4.16. The second-order valence-corrected chi connectivity index (χ2v) is 1.47. The van der Waals surface area contributed by atoms with Crippen molar-refractivity contribution in [3.8, 4) is 0 Å². The Hall–Kier alpha value is 0.949. The van der Waals surface area contributed by atoms with E-state index in [0.717, 1.165) is 0 Å². The van der Waals surface area contributed by atoms with E-state index in [2.05, 4.69) is 18.1 Å². The number of hydrogen-bond donors (Lipinski definition) is 0. The number of hydrogen-bond acceptors (Lipinski definition) is 1. The fourth-order valence-corrected chi connectivity index (χ4v) is 0.589. The molecular weight excluding hydrogens is 271 g/mol. The Morgan fingerprint density at radius 2 is 2.29 bits per heavy atom. The quantitative estimate of drug-likeness (QED) is 0.387. The van der Waals surface area contributed by atoms with Crippen LogP contribution in [-0.2, 0) is 12.8 Å². The first-order chi connectivity index (χ1) is 3.50. The summed E-state index contributed by atoms with van der Waals surface area (Å²) in [5, 5.41) is 4.89. The predicted octanol–water partition coefficient (Wildman–Crippen LogP) is 2.43. The van der Waals surface area contributed by atoms with Gasteiger partial charge in [-0.25, -0.2) is 6.07 Å². The molecule has 0 aliphatic rings. The molecule has 7 heavy (non-hydrogen) atoms. The molecule has 3 heteroatoms. The third-order valence-corrected chi connectivity index (χ3v) is 0.944. The molecule has 0 aliphatic carbocycles. The Bertz CT molecular complexity index is 68.2. The van der Waals surface area contributed by atoms with Crippen LogP contribution in [-0.4, -0.2) is 0 Å². The van der Waals surface area contributed by atoms with E-state index in [4.69, 9.17) is 0 Å². The summed E-state index contributed by atoms with van der Waals surface area (Å²) in [6, 6.07) is 3.86. The summed E-state index contributed by atoms with van der Waals surface area (Å²) in [5.41, 5.74) is 0. The van der Waals surface area contributed by atoms with E-state index in [-0.39, 0.29) is 0 Å². The second-order valence-electron chi connectivity index (χ2n) is 0.731. The molecule has 0 aromatic carbocycles. The van der Waals surface area contributed by atoms with Crippen LogP contribution in [0, 0.1) is 5.38 Å². The molecule has 0 nitrogen and oxygen atoms in total. The first kappa shape index (κ1) is 7.95. The van der Waals surface area contributed by atoms with Gasteiger partial charge in [0, 0.05) is 0 Å². The molecule has 1 aromatic heterocycles. The van der Waals surface area contributed by atoms with Crippen molar-refractivity contribution in [2.75, 3.05) is 0 Å². The number of rotatable bonds is 0. The first-order valence-corrected chi connectivity index (χ1v) is 5.43. The fraction of sp³-hybridized carbons (Fsp3) is 0. The monoisotopic (exact) mass is 273 g/mol. The van der Waals surface area contributed by atoms with Crippen molar-refractivity contribution in [1.82, 2.24) is 0 Å². The summed E-state index contributed by atoms with van der Waals surface area (Å²) >= 11 is 7.46. The minimum atomic E-state index is 1.59. The zero-order valence-electron chi connectivity index (χ0n) is 3.32. The van der Waals surface area contributed by atoms with Crippen molar-refractivity contribution in [2.24, 2.45) is 0 Å². The van der Waals surface area contributed by atoms with Gasteiger partial charge in [-0.3, -0.25) is 0 Å². The van der Waals surface area contributed by atoms with E-state index in [1.807, 2.05) is 17.5 Å². The van der Waals surface area contributed by atoms with Gasteiger partial charge in [0.25, 0.3) is 0 Å². The maximum atomic E-state index is 4.16. The van der Waals surface area contributed by atoms with Gasteiger partial charge in [-0.15, -0.1) is 5.38 Å². The van der Waals surface area contributed by atoms with Crippen molar-refractivity contribution >= 4 is 31.7 Å². The normalized spacial score (nSPS) is 6.71. The van der Waals surface area contributed by atoms with Gasteiger partial charge in [0.2, 0.25) is 0 Å². The second kappa shape index (κ2) is 6.95. The summed E-state index contributed by atoms with van der Waals surface area (Å²) < 4.78 is 0. The molecule has 0 bridgehead atoms. The van der Waals surface area contributed by atoms with E-state index in [9.17, 15) is 0 Å². The smallest absolute Gasteiger partial charge is 0.124 e. The number of halogens is 1. The standard InChI is InChI=1S/C4H3S.Cu.HI/c1-2-4-5-3-1;;/h1-3H;;1H/q-1;+2;/p-1. The van der Waals surface area contributed by atoms with Gasteiger partial charge in [-0.05, 0) is 0 Å². The van der Waals surface area contributed by atoms with Gasteiger partial charge in [0.15, 0.2) is 0 Å². The molecule has 0 N–H and O–H groups in total. The molecule has 0 amide bonds. The Kier molecular flexibility index (Phi) is 7.89. The van der Waals surface area contributed by atoms with Crippen LogP contribution < -0.4 is 0 Å². The third kappa shape index (κ3) is 4.81. The van der Waals surface area contributed by atoms with E-state index >= 15 is 0 Å². The molecule has 0 unspecified atom stereocenters. The van der Waals surface area contributed by atoms with Crippen LogP contribution in [0.2, 0.25) is 0 Å². The fourth-order valence-electron chi connectivity index (χ4n) is 0.196. The molecule has 0 fully saturated rings. The SMILES string of the molecule is [Cu+][I].[c-]1cccs1. The van der Waals surface area contributed by atoms with E-state index in [1.54, 1.807) is 31.7 Å². The Balaban J connectivity index is 0.000000162. The Labute approximate surface area is 66.9 Å². The molecule has 43 valence electrons. The zero-order chi connectivity index (χ0) is 5.54. The minimum absolute atomic E-state index is 1.59. The molecule has 1 heterocycles. The average Bonchev–Trinajstić information content (AvgIpc) is 2.23. The van der Waals surface area contributed by atoms with Crippen molar-refractivity contribution in [2.45, 2.75) is 0 Å². The minimum Gasteiger partial charge on any atom is -0.304 e. The van der Waals surface area contributed by atoms with Gasteiger partial charge in [0.05, 0.1) is 0 Å². The summed E-state index contributed by atoms with van der Waals surface area (Å²) in [4.78, 5) is 0. The van der Waals surface area contributed by atoms with Gasteiger partial charge in [-0.2, -0.15) is 11.4 Å². The van der Waals surface area contributed by atoms with Gasteiger partial charge in [-0.1, -0.05) is 0 Å². The molecule has 0 saturated heterocycles. The zero-order valence-corrected chi connectivity index (χ0v) is 7.24. The average molecular weight is 274 g/mol. The van der Waals surface area contributed by atoms with Crippen LogP contribution >= 0.6 is 31.7 Å². The molecular formula is C4H3CuIS. The predicted molar refractivity (Wildman–Crippen MR) is 37.2 cm³/mol. The Morgan fingerprint density at radius 3 is 2.43 bits per heavy atom. The van der Waals surface area contributed by atoms with E-state index in [1.165, 1.54) is 0 Å². The van der Waals surface area contributed by atoms with Gasteiger partial charge >= 0.3 is 33.1 Å². The number of thiophene rings is 1. The summed E-state index contributed by atoms with van der Waals surface area (Å²) in [6.45, 7) is 0. The van der Waals surface area contributed by atoms with Gasteiger partial charge < -0.3 is 11.3 Å².